The van der Waals surface area contributed by atoms with Crippen LogP contribution in [0.3, 0.4) is 0 Å². The second kappa shape index (κ2) is 7.89. The predicted octanol–water partition coefficient (Wildman–Crippen LogP) is 3.62. The van der Waals surface area contributed by atoms with Crippen LogP contribution in [-0.4, -0.2) is 31.2 Å². The van der Waals surface area contributed by atoms with E-state index in [-0.39, 0.29) is 5.82 Å². The summed E-state index contributed by atoms with van der Waals surface area (Å²) in [6.07, 6.45) is 5.98. The highest BCUT2D eigenvalue weighted by atomic mass is 32.2. The van der Waals surface area contributed by atoms with Crippen LogP contribution in [0.4, 0.5) is 10.2 Å². The summed E-state index contributed by atoms with van der Waals surface area (Å²) in [5.41, 5.74) is 3.37. The molecule has 0 radical (unpaired) electrons. The first-order chi connectivity index (χ1) is 12.8. The number of hydrogen-bond acceptors (Lipinski definition) is 4. The van der Waals surface area contributed by atoms with E-state index in [2.05, 4.69) is 26.6 Å². The minimum atomic E-state index is -3.16. The number of allylic oxidation sites excluding steroid dienone is 1. The fourth-order valence-corrected chi connectivity index (χ4v) is 3.28. The molecule has 0 amide bonds. The Morgan fingerprint density at radius 1 is 1.30 bits per heavy atom. The molecule has 0 bridgehead atoms. The maximum absolute atomic E-state index is 13.3. The number of H-pyrrole nitrogens is 1. The number of fused-ring (bicyclic) bond motifs is 1. The van der Waals surface area contributed by atoms with Crippen molar-refractivity contribution in [2.24, 2.45) is 0 Å². The van der Waals surface area contributed by atoms with Crippen molar-refractivity contribution in [3.8, 4) is 11.1 Å². The molecule has 3 aromatic rings. The number of nitrogens with one attached hydrogen (secondary N) is 3. The molecular weight excluding hydrogens is 367 g/mol. The molecule has 2 aromatic heterocycles. The van der Waals surface area contributed by atoms with E-state index in [4.69, 9.17) is 0 Å². The van der Waals surface area contributed by atoms with Crippen LogP contribution in [0.1, 0.15) is 12.8 Å². The Balaban J connectivity index is 1.61. The highest BCUT2D eigenvalue weighted by molar-refractivity contribution is 7.88. The second-order valence-electron chi connectivity index (χ2n) is 6.32. The van der Waals surface area contributed by atoms with Gasteiger partial charge in [-0.1, -0.05) is 6.58 Å². The van der Waals surface area contributed by atoms with Crippen molar-refractivity contribution in [1.29, 1.82) is 0 Å². The SMILES string of the molecule is C=C(CCCNS(C)(=O)=O)Nc1ccc(-c2c[nH]c3cc(F)ccc23)cn1. The van der Waals surface area contributed by atoms with Gasteiger partial charge >= 0.3 is 0 Å². The maximum Gasteiger partial charge on any atom is 0.208 e. The summed E-state index contributed by atoms with van der Waals surface area (Å²) in [5, 5.41) is 4.05. The molecule has 0 aliphatic heterocycles. The van der Waals surface area contributed by atoms with Crippen molar-refractivity contribution in [2.75, 3.05) is 18.1 Å². The van der Waals surface area contributed by atoms with Gasteiger partial charge in [-0.3, -0.25) is 0 Å². The quantitative estimate of drug-likeness (QED) is 0.514. The Morgan fingerprint density at radius 2 is 2.11 bits per heavy atom. The molecule has 0 fully saturated rings. The summed E-state index contributed by atoms with van der Waals surface area (Å²) in [6.45, 7) is 4.30. The largest absolute Gasteiger partial charge is 0.360 e. The van der Waals surface area contributed by atoms with E-state index in [1.165, 1.54) is 12.1 Å². The molecule has 0 unspecified atom stereocenters. The van der Waals surface area contributed by atoms with E-state index in [1.807, 2.05) is 18.3 Å². The molecular formula is C19H21FN4O2S. The Bertz CT molecular complexity index is 1060. The number of halogens is 1. The average molecular weight is 388 g/mol. The van der Waals surface area contributed by atoms with Gasteiger partial charge in [0.1, 0.15) is 11.6 Å². The number of rotatable bonds is 8. The van der Waals surface area contributed by atoms with Gasteiger partial charge in [0, 0.05) is 46.7 Å². The Kier molecular flexibility index (Phi) is 5.57. The highest BCUT2D eigenvalue weighted by Gasteiger charge is 2.08. The van der Waals surface area contributed by atoms with E-state index < -0.39 is 10.0 Å². The van der Waals surface area contributed by atoms with Gasteiger partial charge in [-0.15, -0.1) is 0 Å². The number of pyridine rings is 1. The van der Waals surface area contributed by atoms with E-state index in [0.29, 0.717) is 25.2 Å². The lowest BCUT2D eigenvalue weighted by atomic mass is 10.1. The monoisotopic (exact) mass is 388 g/mol. The lowest BCUT2D eigenvalue weighted by molar-refractivity contribution is 0.585. The number of anilines is 1. The van der Waals surface area contributed by atoms with Gasteiger partial charge < -0.3 is 10.3 Å². The van der Waals surface area contributed by atoms with Gasteiger partial charge in [-0.2, -0.15) is 0 Å². The fraction of sp³-hybridized carbons (Fsp3) is 0.211. The molecule has 27 heavy (non-hydrogen) atoms. The molecule has 0 saturated heterocycles. The van der Waals surface area contributed by atoms with E-state index in [9.17, 15) is 12.8 Å². The van der Waals surface area contributed by atoms with Crippen LogP contribution in [0.15, 0.2) is 55.0 Å². The number of benzene rings is 1. The second-order valence-corrected chi connectivity index (χ2v) is 8.16. The average Bonchev–Trinajstić information content (AvgIpc) is 3.01. The lowest BCUT2D eigenvalue weighted by Crippen LogP contribution is -2.23. The number of nitrogens with zero attached hydrogens (tertiary/aromatic N) is 1. The molecule has 142 valence electrons. The number of sulfonamides is 1. The number of aromatic nitrogens is 2. The van der Waals surface area contributed by atoms with Crippen LogP contribution < -0.4 is 10.0 Å². The molecule has 0 aliphatic rings. The molecule has 8 heteroatoms. The first-order valence-electron chi connectivity index (χ1n) is 8.44. The van der Waals surface area contributed by atoms with E-state index >= 15 is 0 Å². The molecule has 3 N–H and O–H groups in total. The molecule has 3 rings (SSSR count). The van der Waals surface area contributed by atoms with Crippen LogP contribution >= 0.6 is 0 Å². The molecule has 6 nitrogen and oxygen atoms in total. The zero-order valence-corrected chi connectivity index (χ0v) is 15.7. The fourth-order valence-electron chi connectivity index (χ4n) is 2.77. The maximum atomic E-state index is 13.3. The van der Waals surface area contributed by atoms with Gasteiger partial charge in [-0.05, 0) is 43.2 Å². The minimum absolute atomic E-state index is 0.279. The normalized spacial score (nSPS) is 11.6. The predicted molar refractivity (Wildman–Crippen MR) is 106 cm³/mol. The smallest absolute Gasteiger partial charge is 0.208 e. The van der Waals surface area contributed by atoms with Crippen molar-refractivity contribution in [3.63, 3.8) is 0 Å². The van der Waals surface area contributed by atoms with Gasteiger partial charge in [-0.25, -0.2) is 22.5 Å². The minimum Gasteiger partial charge on any atom is -0.360 e. The van der Waals surface area contributed by atoms with Crippen LogP contribution in [0.2, 0.25) is 0 Å². The number of hydrogen-bond donors (Lipinski definition) is 3. The molecule has 1 aromatic carbocycles. The summed E-state index contributed by atoms with van der Waals surface area (Å²) in [6, 6.07) is 8.42. The molecule has 2 heterocycles. The molecule has 0 spiro atoms. The van der Waals surface area contributed by atoms with Crippen molar-refractivity contribution < 1.29 is 12.8 Å². The third-order valence-corrected chi connectivity index (χ3v) is 4.77. The summed E-state index contributed by atoms with van der Waals surface area (Å²) < 4.78 is 37.8. The third-order valence-electron chi connectivity index (χ3n) is 4.04. The Morgan fingerprint density at radius 3 is 2.81 bits per heavy atom. The summed E-state index contributed by atoms with van der Waals surface area (Å²) in [7, 11) is -3.16. The zero-order chi connectivity index (χ0) is 19.4. The van der Waals surface area contributed by atoms with E-state index in [1.54, 1.807) is 12.3 Å². The van der Waals surface area contributed by atoms with Crippen molar-refractivity contribution in [3.05, 3.63) is 60.8 Å². The molecule has 0 aliphatic carbocycles. The van der Waals surface area contributed by atoms with Gasteiger partial charge in [0.2, 0.25) is 10.0 Å². The summed E-state index contributed by atoms with van der Waals surface area (Å²) in [4.78, 5) is 7.46. The standard InChI is InChI=1S/C19H21FN4O2S/c1-13(4-3-9-23-27(2,25)26)24-19-8-5-14(11-22-19)17-12-21-18-10-15(20)6-7-16(17)18/h5-8,10-12,21,23H,1,3-4,9H2,2H3,(H,22,24). The van der Waals surface area contributed by atoms with Crippen molar-refractivity contribution in [2.45, 2.75) is 12.8 Å². The Hall–Kier alpha value is -2.71. The summed E-state index contributed by atoms with van der Waals surface area (Å²) in [5.74, 6) is 0.379. The lowest BCUT2D eigenvalue weighted by Gasteiger charge is -2.09. The number of aromatic amines is 1. The van der Waals surface area contributed by atoms with Crippen LogP contribution in [-0.2, 0) is 10.0 Å². The van der Waals surface area contributed by atoms with Gasteiger partial charge in [0.25, 0.3) is 0 Å². The Labute approximate surface area is 157 Å². The van der Waals surface area contributed by atoms with E-state index in [0.717, 1.165) is 34.0 Å². The highest BCUT2D eigenvalue weighted by Crippen LogP contribution is 2.29. The first kappa shape index (κ1) is 19.1. The van der Waals surface area contributed by atoms with Gasteiger partial charge in [0.05, 0.1) is 6.26 Å². The molecule has 0 atom stereocenters. The van der Waals surface area contributed by atoms with Crippen LogP contribution in [0, 0.1) is 5.82 Å². The molecule has 0 saturated carbocycles. The van der Waals surface area contributed by atoms with Crippen LogP contribution in [0.5, 0.6) is 0 Å². The van der Waals surface area contributed by atoms with Crippen LogP contribution in [0.25, 0.3) is 22.0 Å². The van der Waals surface area contributed by atoms with Gasteiger partial charge in [0.15, 0.2) is 0 Å². The topological polar surface area (TPSA) is 86.9 Å². The first-order valence-corrected chi connectivity index (χ1v) is 10.3. The third kappa shape index (κ3) is 5.15. The van der Waals surface area contributed by atoms with Crippen molar-refractivity contribution in [1.82, 2.24) is 14.7 Å². The van der Waals surface area contributed by atoms with Crippen molar-refractivity contribution >= 4 is 26.7 Å². The zero-order valence-electron chi connectivity index (χ0n) is 14.9. The summed E-state index contributed by atoms with van der Waals surface area (Å²) >= 11 is 0.